The van der Waals surface area contributed by atoms with Crippen molar-refractivity contribution in [1.29, 1.82) is 5.26 Å². The minimum atomic E-state index is -3.38. The average Bonchev–Trinajstić information content (AvgIpc) is 3.58. The van der Waals surface area contributed by atoms with Gasteiger partial charge in [0.1, 0.15) is 29.4 Å². The monoisotopic (exact) mass is 532 g/mol. The summed E-state index contributed by atoms with van der Waals surface area (Å²) in [4.78, 5) is 0. The van der Waals surface area contributed by atoms with E-state index in [1.54, 1.807) is 25.1 Å². The maximum atomic E-state index is 15.5. The van der Waals surface area contributed by atoms with Crippen LogP contribution in [0.15, 0.2) is 87.8 Å². The lowest BCUT2D eigenvalue weighted by molar-refractivity contribution is -0.662. The number of fused-ring (bicyclic) bond motifs is 6. The van der Waals surface area contributed by atoms with Gasteiger partial charge in [0.2, 0.25) is 11.9 Å². The van der Waals surface area contributed by atoms with Crippen LogP contribution in [0.3, 0.4) is 0 Å². The molecule has 0 bridgehead atoms. The van der Waals surface area contributed by atoms with Crippen molar-refractivity contribution in [3.8, 4) is 28.5 Å². The van der Waals surface area contributed by atoms with E-state index in [4.69, 9.17) is 18.4 Å². The molecule has 0 saturated heterocycles. The van der Waals surface area contributed by atoms with E-state index >= 15 is 4.39 Å². The maximum absolute atomic E-state index is 15.5. The molecule has 5 heteroatoms. The van der Waals surface area contributed by atoms with E-state index in [1.807, 2.05) is 48.5 Å². The fourth-order valence-electron chi connectivity index (χ4n) is 5.63. The highest BCUT2D eigenvalue weighted by Crippen LogP contribution is 2.43. The van der Waals surface area contributed by atoms with Crippen molar-refractivity contribution in [2.75, 3.05) is 0 Å². The molecule has 0 fully saturated rings. The molecular formula is C35H26FN2O2+. The molecule has 7 aromatic rings. The summed E-state index contributed by atoms with van der Waals surface area (Å²) >= 11 is 0. The first-order chi connectivity index (χ1) is 22.2. The lowest BCUT2D eigenvalue weighted by Crippen LogP contribution is -2.32. The van der Waals surface area contributed by atoms with Crippen molar-refractivity contribution < 1.29 is 27.4 Å². The van der Waals surface area contributed by atoms with Crippen LogP contribution in [-0.4, -0.2) is 0 Å². The Morgan fingerprint density at radius 1 is 0.925 bits per heavy atom. The van der Waals surface area contributed by atoms with Crippen molar-refractivity contribution in [2.24, 2.45) is 7.05 Å². The summed E-state index contributed by atoms with van der Waals surface area (Å²) in [6.07, 6.45) is 0.973. The third-order valence-electron chi connectivity index (χ3n) is 7.56. The Morgan fingerprint density at radius 2 is 1.73 bits per heavy atom. The Labute approximate surface area is 240 Å². The lowest BCUT2D eigenvalue weighted by Gasteiger charge is -2.10. The van der Waals surface area contributed by atoms with Crippen LogP contribution in [0.2, 0.25) is 0 Å². The number of hydrogen-bond donors (Lipinski definition) is 0. The second-order valence-electron chi connectivity index (χ2n) is 9.93. The van der Waals surface area contributed by atoms with Gasteiger partial charge in [-0.25, -0.2) is 4.39 Å². The van der Waals surface area contributed by atoms with E-state index in [1.165, 1.54) is 11.6 Å². The molecule has 4 aromatic carbocycles. The van der Waals surface area contributed by atoms with Gasteiger partial charge < -0.3 is 8.83 Å². The molecule has 7 rings (SSSR count). The first-order valence-corrected chi connectivity index (χ1v) is 12.7. The Hall–Kier alpha value is -4.95. The van der Waals surface area contributed by atoms with Gasteiger partial charge >= 0.3 is 0 Å². The summed E-state index contributed by atoms with van der Waals surface area (Å²) in [5, 5.41) is 13.2. The van der Waals surface area contributed by atoms with E-state index < -0.39 is 31.0 Å². The summed E-state index contributed by atoms with van der Waals surface area (Å²) in [6, 6.07) is 24.1. The number of aromatic nitrogens is 1. The van der Waals surface area contributed by atoms with Gasteiger partial charge in [-0.3, -0.25) is 0 Å². The zero-order valence-electron chi connectivity index (χ0n) is 28.6. The number of nitrogens with zero attached hydrogens (tertiary/aromatic N) is 2. The minimum Gasteiger partial charge on any atom is -0.456 e. The van der Waals surface area contributed by atoms with Crippen LogP contribution in [0.4, 0.5) is 4.39 Å². The molecule has 3 aromatic heterocycles. The molecular weight excluding hydrogens is 499 g/mol. The van der Waals surface area contributed by atoms with E-state index in [0.29, 0.717) is 49.8 Å². The van der Waals surface area contributed by atoms with Crippen molar-refractivity contribution in [1.82, 2.24) is 0 Å². The number of hydrogen-bond acceptors (Lipinski definition) is 3. The van der Waals surface area contributed by atoms with Gasteiger partial charge in [0, 0.05) is 48.3 Å². The molecule has 40 heavy (non-hydrogen) atoms. The zero-order valence-corrected chi connectivity index (χ0v) is 21.6. The quantitative estimate of drug-likeness (QED) is 0.213. The zero-order chi connectivity index (χ0) is 33.6. The number of aryl methyl sites for hydroxylation is 2. The normalized spacial score (nSPS) is 15.3. The van der Waals surface area contributed by atoms with Gasteiger partial charge in [-0.05, 0) is 54.3 Å². The van der Waals surface area contributed by atoms with Crippen LogP contribution in [0.1, 0.15) is 45.9 Å². The molecule has 0 spiro atoms. The number of halogens is 1. The van der Waals surface area contributed by atoms with Gasteiger partial charge in [0.05, 0.1) is 17.2 Å². The minimum absolute atomic E-state index is 0.234. The standard InChI is InChI=1S/C35H26FN2O2/c1-19(2)27-16-29(38(4)18-28(27)36)32-20(3)9-12-26-33-22(17-37)11-13-23(34(33)40-35(26)32)21-10-14-25-24-7-5-6-8-30(24)39-31(25)15-21/h5-16,18-19H,1-4H3/q+1/i1D3,2D3,19D. The molecule has 0 unspecified atom stereocenters. The fraction of sp³-hybridized carbons (Fsp3) is 0.143. The molecule has 194 valence electrons. The van der Waals surface area contributed by atoms with Crippen LogP contribution in [0.25, 0.3) is 66.3 Å². The highest BCUT2D eigenvalue weighted by Gasteiger charge is 2.26. The predicted octanol–water partition coefficient (Wildman–Crippen LogP) is 9.09. The highest BCUT2D eigenvalue weighted by molar-refractivity contribution is 6.16. The summed E-state index contributed by atoms with van der Waals surface area (Å²) in [5.41, 5.74) is 4.58. The average molecular weight is 533 g/mol. The molecule has 0 radical (unpaired) electrons. The topological polar surface area (TPSA) is 54.0 Å². The van der Waals surface area contributed by atoms with E-state index in [-0.39, 0.29) is 5.69 Å². The van der Waals surface area contributed by atoms with E-state index in [2.05, 4.69) is 6.07 Å². The molecule has 0 atom stereocenters. The van der Waals surface area contributed by atoms with Gasteiger partial charge in [0.25, 0.3) is 0 Å². The molecule has 0 aliphatic heterocycles. The third-order valence-corrected chi connectivity index (χ3v) is 7.56. The second-order valence-corrected chi connectivity index (χ2v) is 9.93. The summed E-state index contributed by atoms with van der Waals surface area (Å²) < 4.78 is 85.9. The summed E-state index contributed by atoms with van der Waals surface area (Å²) in [7, 11) is 1.54. The third kappa shape index (κ3) is 3.46. The maximum Gasteiger partial charge on any atom is 0.216 e. The Kier molecular flexibility index (Phi) is 3.87. The first kappa shape index (κ1) is 17.6. The van der Waals surface area contributed by atoms with E-state index in [0.717, 1.165) is 34.2 Å². The Morgan fingerprint density at radius 3 is 2.55 bits per heavy atom. The molecule has 0 aliphatic carbocycles. The second kappa shape index (κ2) is 8.79. The van der Waals surface area contributed by atoms with E-state index in [9.17, 15) is 5.26 Å². The lowest BCUT2D eigenvalue weighted by atomic mass is 9.95. The fourth-order valence-corrected chi connectivity index (χ4v) is 5.63. The summed E-state index contributed by atoms with van der Waals surface area (Å²) in [5.74, 6) is -4.39. The SMILES string of the molecule is [2H]C([2H])([2H])C([2H])(c1cc(-c2c(C)ccc3c2oc2c(-c4ccc5c(c4)oc4ccccc45)ccc(C#N)c23)[n+](C)cc1F)C([2H])([2H])[2H]. The molecule has 4 nitrogen and oxygen atoms in total. The van der Waals surface area contributed by atoms with Crippen molar-refractivity contribution >= 4 is 43.9 Å². The molecule has 3 heterocycles. The molecule has 0 saturated carbocycles. The van der Waals surface area contributed by atoms with Gasteiger partial charge in [0.15, 0.2) is 5.82 Å². The van der Waals surface area contributed by atoms with Crippen molar-refractivity contribution in [2.45, 2.75) is 26.5 Å². The smallest absolute Gasteiger partial charge is 0.216 e. The van der Waals surface area contributed by atoms with Crippen molar-refractivity contribution in [3.63, 3.8) is 0 Å². The number of pyridine rings is 1. The van der Waals surface area contributed by atoms with Gasteiger partial charge in [-0.2, -0.15) is 9.83 Å². The van der Waals surface area contributed by atoms with Crippen LogP contribution in [0.5, 0.6) is 0 Å². The van der Waals surface area contributed by atoms with Crippen LogP contribution < -0.4 is 4.57 Å². The number of rotatable bonds is 3. The molecule has 0 amide bonds. The number of benzene rings is 4. The van der Waals surface area contributed by atoms with Crippen LogP contribution in [-0.2, 0) is 7.05 Å². The number of para-hydroxylation sites is 1. The molecule has 0 N–H and O–H groups in total. The number of nitriles is 1. The van der Waals surface area contributed by atoms with Crippen LogP contribution in [0, 0.1) is 24.1 Å². The van der Waals surface area contributed by atoms with Gasteiger partial charge in [-0.1, -0.05) is 50.1 Å². The highest BCUT2D eigenvalue weighted by atomic mass is 19.1. The molecule has 0 aliphatic rings. The number of furan rings is 2. The predicted molar refractivity (Wildman–Crippen MR) is 157 cm³/mol. The Balaban J connectivity index is 1.52. The van der Waals surface area contributed by atoms with Crippen LogP contribution >= 0.6 is 0 Å². The Bertz CT molecular complexity index is 2450. The first-order valence-electron chi connectivity index (χ1n) is 16.2. The van der Waals surface area contributed by atoms with Gasteiger partial charge in [-0.15, -0.1) is 0 Å². The largest absolute Gasteiger partial charge is 0.456 e. The summed E-state index contributed by atoms with van der Waals surface area (Å²) in [6.45, 7) is -4.98. The van der Waals surface area contributed by atoms with Crippen molar-refractivity contribution in [3.05, 3.63) is 102 Å².